The molecule has 0 atom stereocenters. The lowest BCUT2D eigenvalue weighted by Crippen LogP contribution is -2.31. The molecule has 1 fully saturated rings. The zero-order valence-electron chi connectivity index (χ0n) is 27.6. The topological polar surface area (TPSA) is 120 Å². The molecular formula is C35H25F7N6O5S. The molecule has 1 N–H and O–H groups in total. The molecule has 280 valence electrons. The molecule has 1 aromatic heterocycles. The van der Waals surface area contributed by atoms with E-state index in [0.29, 0.717) is 22.5 Å². The van der Waals surface area contributed by atoms with Crippen molar-refractivity contribution in [3.63, 3.8) is 0 Å². The molecule has 11 nitrogen and oxygen atoms in total. The van der Waals surface area contributed by atoms with E-state index < -0.39 is 30.3 Å². The van der Waals surface area contributed by atoms with Crippen LogP contribution in [0.3, 0.4) is 0 Å². The van der Waals surface area contributed by atoms with Gasteiger partial charge in [-0.15, -0.1) is 31.4 Å². The van der Waals surface area contributed by atoms with E-state index in [1.807, 2.05) is 0 Å². The number of thioether (sulfide) groups is 1. The SMILES string of the molecule is Cc1ccc(COCc2ccc(OC(F)(F)F)cc2)c(N2C(=O)CSC2=NC(=O)Nc2ccc(-c3ncn(-c4ccc(OC(F)(F)F)cc4)n3)cc2F)c1. The number of nitrogens with zero attached hydrogens (tertiary/aromatic N) is 5. The summed E-state index contributed by atoms with van der Waals surface area (Å²) < 4.78 is 105. The zero-order valence-corrected chi connectivity index (χ0v) is 28.4. The molecule has 0 unspecified atom stereocenters. The molecule has 1 aliphatic heterocycles. The molecule has 0 radical (unpaired) electrons. The molecule has 1 saturated heterocycles. The summed E-state index contributed by atoms with van der Waals surface area (Å²) in [7, 11) is 0. The van der Waals surface area contributed by atoms with E-state index in [2.05, 4.69) is 29.9 Å². The second-order valence-electron chi connectivity index (χ2n) is 11.4. The number of urea groups is 1. The molecule has 19 heteroatoms. The number of hydrogen-bond donors (Lipinski definition) is 1. The van der Waals surface area contributed by atoms with Crippen LogP contribution >= 0.6 is 11.8 Å². The fourth-order valence-electron chi connectivity index (χ4n) is 5.06. The van der Waals surface area contributed by atoms with Crippen LogP contribution in [0.2, 0.25) is 0 Å². The predicted octanol–water partition coefficient (Wildman–Crippen LogP) is 8.56. The van der Waals surface area contributed by atoms with E-state index in [1.165, 1.54) is 64.4 Å². The number of carbonyl (C=O) groups excluding carboxylic acids is 2. The van der Waals surface area contributed by atoms with E-state index in [-0.39, 0.29) is 52.9 Å². The highest BCUT2D eigenvalue weighted by atomic mass is 32.2. The quantitative estimate of drug-likeness (QED) is 0.140. The van der Waals surface area contributed by atoms with Gasteiger partial charge < -0.3 is 19.5 Å². The van der Waals surface area contributed by atoms with Gasteiger partial charge in [-0.3, -0.25) is 9.69 Å². The number of aryl methyl sites for hydroxylation is 1. The maximum absolute atomic E-state index is 15.2. The largest absolute Gasteiger partial charge is 0.573 e. The number of nitrogens with one attached hydrogen (secondary N) is 1. The fraction of sp³-hybridized carbons (Fsp3) is 0.171. The van der Waals surface area contributed by atoms with E-state index in [4.69, 9.17) is 4.74 Å². The van der Waals surface area contributed by atoms with Crippen molar-refractivity contribution in [2.75, 3.05) is 16.0 Å². The Balaban J connectivity index is 1.11. The molecule has 2 heterocycles. The van der Waals surface area contributed by atoms with Gasteiger partial charge in [0.1, 0.15) is 23.6 Å². The maximum atomic E-state index is 15.2. The lowest BCUT2D eigenvalue weighted by atomic mass is 10.1. The predicted molar refractivity (Wildman–Crippen MR) is 183 cm³/mol. The highest BCUT2D eigenvalue weighted by molar-refractivity contribution is 8.15. The number of aliphatic imine (C=N–C) groups is 1. The number of hydrogen-bond acceptors (Lipinski definition) is 8. The van der Waals surface area contributed by atoms with Crippen LogP contribution in [0, 0.1) is 12.7 Å². The summed E-state index contributed by atoms with van der Waals surface area (Å²) in [6, 6.07) is 18.1. The van der Waals surface area contributed by atoms with Crippen LogP contribution in [-0.2, 0) is 22.7 Å². The first-order valence-corrected chi connectivity index (χ1v) is 16.5. The van der Waals surface area contributed by atoms with Crippen LogP contribution in [0.1, 0.15) is 16.7 Å². The Bertz CT molecular complexity index is 2190. The minimum Gasteiger partial charge on any atom is -0.406 e. The number of anilines is 2. The van der Waals surface area contributed by atoms with Crippen LogP contribution in [0.15, 0.2) is 96.2 Å². The van der Waals surface area contributed by atoms with Gasteiger partial charge in [-0.1, -0.05) is 36.0 Å². The fourth-order valence-corrected chi connectivity index (χ4v) is 5.92. The Labute approximate surface area is 305 Å². The van der Waals surface area contributed by atoms with Crippen molar-refractivity contribution >= 4 is 40.2 Å². The van der Waals surface area contributed by atoms with Crippen molar-refractivity contribution in [2.45, 2.75) is 32.9 Å². The van der Waals surface area contributed by atoms with Gasteiger partial charge in [0.2, 0.25) is 5.91 Å². The lowest BCUT2D eigenvalue weighted by molar-refractivity contribution is -0.275. The second kappa shape index (κ2) is 15.6. The van der Waals surface area contributed by atoms with Gasteiger partial charge in [0.05, 0.1) is 36.0 Å². The van der Waals surface area contributed by atoms with Crippen LogP contribution < -0.4 is 19.7 Å². The van der Waals surface area contributed by atoms with E-state index >= 15 is 4.39 Å². The molecule has 3 amide bonds. The molecule has 1 aliphatic rings. The normalized spacial score (nSPS) is 14.1. The summed E-state index contributed by atoms with van der Waals surface area (Å²) in [6.07, 6.45) is -8.37. The van der Waals surface area contributed by atoms with Crippen molar-refractivity contribution in [1.29, 1.82) is 0 Å². The van der Waals surface area contributed by atoms with Gasteiger partial charge in [-0.25, -0.2) is 18.9 Å². The zero-order chi connectivity index (χ0) is 38.6. The first-order chi connectivity index (χ1) is 25.6. The maximum Gasteiger partial charge on any atom is 0.573 e. The number of ether oxygens (including phenoxy) is 3. The van der Waals surface area contributed by atoms with Crippen molar-refractivity contribution in [3.05, 3.63) is 114 Å². The number of amidine groups is 1. The summed E-state index contributed by atoms with van der Waals surface area (Å²) in [6.45, 7) is 1.83. The van der Waals surface area contributed by atoms with Crippen LogP contribution in [0.4, 0.5) is 46.9 Å². The Morgan fingerprint density at radius 1 is 0.889 bits per heavy atom. The monoisotopic (exact) mass is 774 g/mol. The summed E-state index contributed by atoms with van der Waals surface area (Å²) in [5, 5.41) is 6.64. The lowest BCUT2D eigenvalue weighted by Gasteiger charge is -2.20. The Kier molecular flexibility index (Phi) is 10.9. The van der Waals surface area contributed by atoms with Crippen LogP contribution in [-0.4, -0.2) is 50.3 Å². The number of halogens is 7. The average molecular weight is 775 g/mol. The highest BCUT2D eigenvalue weighted by Crippen LogP contribution is 2.32. The minimum atomic E-state index is -4.84. The summed E-state index contributed by atoms with van der Waals surface area (Å²) in [4.78, 5) is 35.4. The van der Waals surface area contributed by atoms with E-state index in [0.717, 1.165) is 35.5 Å². The number of aromatic nitrogens is 3. The van der Waals surface area contributed by atoms with Crippen molar-refractivity contribution < 1.29 is 54.5 Å². The molecule has 0 bridgehead atoms. The molecule has 54 heavy (non-hydrogen) atoms. The average Bonchev–Trinajstić information content (AvgIpc) is 3.73. The smallest absolute Gasteiger partial charge is 0.406 e. The minimum absolute atomic E-state index is 0.00179. The molecule has 0 saturated carbocycles. The third-order valence-electron chi connectivity index (χ3n) is 7.42. The number of rotatable bonds is 10. The van der Waals surface area contributed by atoms with E-state index in [9.17, 15) is 35.9 Å². The molecular weight excluding hydrogens is 749 g/mol. The molecule has 5 aromatic rings. The van der Waals surface area contributed by atoms with Crippen LogP contribution in [0.5, 0.6) is 11.5 Å². The van der Waals surface area contributed by atoms with Gasteiger partial charge in [0.25, 0.3) is 0 Å². The van der Waals surface area contributed by atoms with Gasteiger partial charge in [-0.05, 0) is 78.7 Å². The molecule has 4 aromatic carbocycles. The summed E-state index contributed by atoms with van der Waals surface area (Å²) >= 11 is 1.00. The Hall–Kier alpha value is -5.95. The van der Waals surface area contributed by atoms with E-state index in [1.54, 1.807) is 25.1 Å². The first kappa shape index (κ1) is 37.8. The third-order valence-corrected chi connectivity index (χ3v) is 8.35. The number of benzene rings is 4. The second-order valence-corrected chi connectivity index (χ2v) is 12.4. The summed E-state index contributed by atoms with van der Waals surface area (Å²) in [5.74, 6) is -1.94. The van der Waals surface area contributed by atoms with Gasteiger partial charge in [0, 0.05) is 11.1 Å². The van der Waals surface area contributed by atoms with Gasteiger partial charge >= 0.3 is 18.8 Å². The van der Waals surface area contributed by atoms with Gasteiger partial charge in [0.15, 0.2) is 11.0 Å². The molecule has 0 spiro atoms. The van der Waals surface area contributed by atoms with Gasteiger partial charge in [-0.2, -0.15) is 4.99 Å². The van der Waals surface area contributed by atoms with Crippen LogP contribution in [0.25, 0.3) is 17.1 Å². The Morgan fingerprint density at radius 3 is 2.20 bits per heavy atom. The van der Waals surface area contributed by atoms with Crippen molar-refractivity contribution in [3.8, 4) is 28.6 Å². The number of carbonyl (C=O) groups is 2. The highest BCUT2D eigenvalue weighted by Gasteiger charge is 2.33. The van der Waals surface area contributed by atoms with Crippen molar-refractivity contribution in [2.24, 2.45) is 4.99 Å². The first-order valence-electron chi connectivity index (χ1n) is 15.6. The molecule has 0 aliphatic carbocycles. The summed E-state index contributed by atoms with van der Waals surface area (Å²) in [5.41, 5.74) is 2.70. The Morgan fingerprint density at radius 2 is 1.56 bits per heavy atom. The standard InChI is InChI=1S/C35H25F7N6O5S/c1-20-2-5-23(17-51-16-21-3-9-25(10-4-21)52-34(37,38)39)29(14-20)48-30(49)18-54-33(48)45-32(50)44-28-13-6-22(15-27(28)36)31-43-19-47(46-31)24-7-11-26(12-8-24)53-35(40,41)42/h2-15,19H,16-18H2,1H3,(H,44,50). The number of amides is 3. The van der Waals surface area contributed by atoms with Crippen molar-refractivity contribution in [1.82, 2.24) is 14.8 Å². The number of alkyl halides is 6. The third kappa shape index (κ3) is 9.72. The molecule has 6 rings (SSSR count).